The number of nitrogens with zero attached hydrogens (tertiary/aromatic N) is 1. The predicted molar refractivity (Wildman–Crippen MR) is 114 cm³/mol. The number of benzene rings is 2. The average molecular weight is 436 g/mol. The van der Waals surface area contributed by atoms with Crippen LogP contribution in [-0.4, -0.2) is 36.4 Å². The monoisotopic (exact) mass is 435 g/mol. The Morgan fingerprint density at radius 3 is 2.45 bits per heavy atom. The zero-order chi connectivity index (χ0) is 20.6. The molecule has 0 aliphatic carbocycles. The summed E-state index contributed by atoms with van der Waals surface area (Å²) in [7, 11) is 1.61. The number of hydrogen-bond donors (Lipinski definition) is 1. The van der Waals surface area contributed by atoms with Crippen molar-refractivity contribution in [3.05, 3.63) is 82.2 Å². The molecule has 0 fully saturated rings. The molecule has 1 heterocycles. The molecule has 154 valence electrons. The van der Waals surface area contributed by atoms with E-state index in [2.05, 4.69) is 4.90 Å². The lowest BCUT2D eigenvalue weighted by molar-refractivity contribution is 0.0604. The highest BCUT2D eigenvalue weighted by Gasteiger charge is 2.16. The molecule has 29 heavy (non-hydrogen) atoms. The van der Waals surface area contributed by atoms with Gasteiger partial charge in [-0.15, -0.1) is 0 Å². The Bertz CT molecular complexity index is 884. The third kappa shape index (κ3) is 6.68. The molecule has 0 aliphatic heterocycles. The van der Waals surface area contributed by atoms with Crippen LogP contribution in [0, 0.1) is 0 Å². The van der Waals surface area contributed by atoms with Gasteiger partial charge >= 0.3 is 0 Å². The van der Waals surface area contributed by atoms with E-state index in [0.717, 1.165) is 17.1 Å². The zero-order valence-electron chi connectivity index (χ0n) is 16.1. The van der Waals surface area contributed by atoms with E-state index in [1.807, 2.05) is 30.3 Å². The van der Waals surface area contributed by atoms with Crippen LogP contribution in [0.4, 0.5) is 0 Å². The zero-order valence-corrected chi connectivity index (χ0v) is 17.6. The van der Waals surface area contributed by atoms with Crippen molar-refractivity contribution in [2.75, 3.05) is 20.3 Å². The first kappa shape index (κ1) is 21.5. The normalized spacial score (nSPS) is 12.2. The van der Waals surface area contributed by atoms with Gasteiger partial charge < -0.3 is 19.0 Å². The van der Waals surface area contributed by atoms with Crippen molar-refractivity contribution < 1.29 is 19.0 Å². The summed E-state index contributed by atoms with van der Waals surface area (Å²) in [6.45, 7) is 1.62. The van der Waals surface area contributed by atoms with Crippen molar-refractivity contribution in [1.29, 1.82) is 0 Å². The van der Waals surface area contributed by atoms with Gasteiger partial charge in [0.25, 0.3) is 0 Å². The maximum atomic E-state index is 10.5. The molecule has 0 radical (unpaired) electrons. The van der Waals surface area contributed by atoms with Crippen LogP contribution in [0.3, 0.4) is 0 Å². The van der Waals surface area contributed by atoms with Crippen LogP contribution in [0.2, 0.25) is 10.0 Å². The third-order valence-electron chi connectivity index (χ3n) is 4.34. The number of aliphatic hydroxyl groups is 1. The third-order valence-corrected chi connectivity index (χ3v) is 4.93. The van der Waals surface area contributed by atoms with Gasteiger partial charge in [-0.2, -0.15) is 0 Å². The Labute approximate surface area is 180 Å². The van der Waals surface area contributed by atoms with Crippen molar-refractivity contribution >= 4 is 23.2 Å². The lowest BCUT2D eigenvalue weighted by Crippen LogP contribution is -2.35. The molecule has 1 N–H and O–H groups in total. The predicted octanol–water partition coefficient (Wildman–Crippen LogP) is 5.04. The molecule has 7 heteroatoms. The molecule has 0 unspecified atom stereocenters. The second-order valence-corrected chi connectivity index (χ2v) is 7.47. The van der Waals surface area contributed by atoms with Crippen LogP contribution in [0.5, 0.6) is 11.5 Å². The number of hydrogen-bond acceptors (Lipinski definition) is 5. The fraction of sp³-hybridized carbons (Fsp3) is 0.273. The molecular weight excluding hydrogens is 413 g/mol. The minimum Gasteiger partial charge on any atom is -0.497 e. The maximum Gasteiger partial charge on any atom is 0.119 e. The van der Waals surface area contributed by atoms with Crippen molar-refractivity contribution in [2.45, 2.75) is 19.2 Å². The second-order valence-electron chi connectivity index (χ2n) is 6.63. The Morgan fingerprint density at radius 2 is 1.79 bits per heavy atom. The quantitative estimate of drug-likeness (QED) is 0.483. The molecule has 3 rings (SSSR count). The van der Waals surface area contributed by atoms with Gasteiger partial charge in [0.1, 0.15) is 30.0 Å². The lowest BCUT2D eigenvalue weighted by atomic mass is 10.2. The van der Waals surface area contributed by atoms with Gasteiger partial charge in [-0.05, 0) is 54.1 Å². The summed E-state index contributed by atoms with van der Waals surface area (Å²) in [5, 5.41) is 11.7. The number of rotatable bonds is 10. The van der Waals surface area contributed by atoms with Gasteiger partial charge in [0.2, 0.25) is 0 Å². The topological polar surface area (TPSA) is 55.1 Å². The maximum absolute atomic E-state index is 10.5. The second kappa shape index (κ2) is 10.6. The first-order chi connectivity index (χ1) is 14.0. The molecule has 0 spiro atoms. The average Bonchev–Trinajstić information content (AvgIpc) is 3.22. The molecule has 3 aromatic rings. The number of aliphatic hydroxyl groups excluding tert-OH is 1. The Balaban J connectivity index is 1.61. The number of ether oxygens (including phenoxy) is 2. The van der Waals surface area contributed by atoms with Crippen LogP contribution >= 0.6 is 23.2 Å². The highest BCUT2D eigenvalue weighted by atomic mass is 35.5. The summed E-state index contributed by atoms with van der Waals surface area (Å²) >= 11 is 12.3. The molecule has 0 saturated heterocycles. The molecule has 0 amide bonds. The fourth-order valence-electron chi connectivity index (χ4n) is 2.91. The smallest absolute Gasteiger partial charge is 0.119 e. The van der Waals surface area contributed by atoms with Crippen LogP contribution in [-0.2, 0) is 13.1 Å². The van der Waals surface area contributed by atoms with E-state index in [9.17, 15) is 5.11 Å². The number of furan rings is 1. The van der Waals surface area contributed by atoms with Crippen LogP contribution in [0.15, 0.2) is 65.3 Å². The molecule has 1 aromatic heterocycles. The van der Waals surface area contributed by atoms with Gasteiger partial charge in [-0.25, -0.2) is 0 Å². The summed E-state index contributed by atoms with van der Waals surface area (Å²) in [5.41, 5.74) is 0.922. The van der Waals surface area contributed by atoms with E-state index in [1.54, 1.807) is 37.6 Å². The van der Waals surface area contributed by atoms with Gasteiger partial charge in [0.05, 0.1) is 19.9 Å². The first-order valence-corrected chi connectivity index (χ1v) is 9.92. The molecule has 5 nitrogen and oxygen atoms in total. The van der Waals surface area contributed by atoms with Crippen molar-refractivity contribution in [3.63, 3.8) is 0 Å². The molecule has 0 aliphatic rings. The van der Waals surface area contributed by atoms with Crippen LogP contribution in [0.25, 0.3) is 0 Å². The van der Waals surface area contributed by atoms with E-state index < -0.39 is 6.10 Å². The van der Waals surface area contributed by atoms with Crippen LogP contribution in [0.1, 0.15) is 11.3 Å². The van der Waals surface area contributed by atoms with E-state index in [0.29, 0.717) is 35.4 Å². The lowest BCUT2D eigenvalue weighted by Gasteiger charge is -2.25. The Hall–Kier alpha value is -2.18. The molecule has 0 saturated carbocycles. The highest BCUT2D eigenvalue weighted by Crippen LogP contribution is 2.23. The molecule has 0 bridgehead atoms. The Kier molecular flexibility index (Phi) is 7.83. The van der Waals surface area contributed by atoms with Crippen LogP contribution < -0.4 is 9.47 Å². The Morgan fingerprint density at radius 1 is 1.03 bits per heavy atom. The number of halogens is 2. The van der Waals surface area contributed by atoms with E-state index >= 15 is 0 Å². The van der Waals surface area contributed by atoms with Gasteiger partial charge in [0.15, 0.2) is 0 Å². The molecular formula is C22H23Cl2NO4. The van der Waals surface area contributed by atoms with Gasteiger partial charge in [-0.3, -0.25) is 4.90 Å². The molecule has 2 aromatic carbocycles. The summed E-state index contributed by atoms with van der Waals surface area (Å²) in [4.78, 5) is 2.05. The summed E-state index contributed by atoms with van der Waals surface area (Å²) in [5.74, 6) is 2.23. The minimum atomic E-state index is -0.696. The van der Waals surface area contributed by atoms with Crippen molar-refractivity contribution in [1.82, 2.24) is 4.90 Å². The largest absolute Gasteiger partial charge is 0.497 e. The minimum absolute atomic E-state index is 0.162. The SMILES string of the molecule is COc1ccc(OC[C@@H](O)CN(Cc2ccco2)Cc2ccc(Cl)cc2Cl)cc1. The number of methoxy groups -OCH3 is 1. The highest BCUT2D eigenvalue weighted by molar-refractivity contribution is 6.35. The summed E-state index contributed by atoms with van der Waals surface area (Å²) < 4.78 is 16.3. The van der Waals surface area contributed by atoms with E-state index in [1.165, 1.54) is 0 Å². The fourth-order valence-corrected chi connectivity index (χ4v) is 3.38. The van der Waals surface area contributed by atoms with E-state index in [-0.39, 0.29) is 6.61 Å². The van der Waals surface area contributed by atoms with Gasteiger partial charge in [0, 0.05) is 23.1 Å². The standard InChI is InChI=1S/C22H23Cl2NO4/c1-27-19-6-8-20(9-7-19)29-15-18(26)13-25(14-21-3-2-10-28-21)12-16-4-5-17(23)11-22(16)24/h2-11,18,26H,12-15H2,1H3/t18-/m0/s1. The van der Waals surface area contributed by atoms with E-state index in [4.69, 9.17) is 37.1 Å². The summed E-state index contributed by atoms with van der Waals surface area (Å²) in [6, 6.07) is 16.4. The van der Waals surface area contributed by atoms with Crippen molar-refractivity contribution in [3.8, 4) is 11.5 Å². The van der Waals surface area contributed by atoms with Crippen molar-refractivity contribution in [2.24, 2.45) is 0 Å². The van der Waals surface area contributed by atoms with Gasteiger partial charge in [-0.1, -0.05) is 29.3 Å². The molecule has 1 atom stereocenters. The summed E-state index contributed by atoms with van der Waals surface area (Å²) in [6.07, 6.45) is 0.935. The first-order valence-electron chi connectivity index (χ1n) is 9.17.